The molecule has 5 nitrogen and oxygen atoms in total. The van der Waals surface area contributed by atoms with Crippen LogP contribution in [-0.4, -0.2) is 19.1 Å². The van der Waals surface area contributed by atoms with Crippen LogP contribution in [0, 0.1) is 11.3 Å². The second kappa shape index (κ2) is 9.43. The number of hydrogen-bond donors (Lipinski definition) is 1. The molecular formula is C22H24N2O3S. The number of rotatable bonds is 7. The van der Waals surface area contributed by atoms with Crippen molar-refractivity contribution in [1.82, 2.24) is 0 Å². The van der Waals surface area contributed by atoms with Crippen molar-refractivity contribution in [2.24, 2.45) is 0 Å². The molecule has 1 amide bonds. The lowest BCUT2D eigenvalue weighted by molar-refractivity contribution is -0.111. The minimum atomic E-state index is -0.248. The summed E-state index contributed by atoms with van der Waals surface area (Å²) < 4.78 is 11.2. The van der Waals surface area contributed by atoms with Crippen molar-refractivity contribution in [3.05, 3.63) is 45.8 Å². The SMILES string of the molecule is CCOc1ccc(/C=C/C(=O)Nc2sc3c(c2C#N)CCCC3)cc1OCC. The van der Waals surface area contributed by atoms with Gasteiger partial charge in [-0.1, -0.05) is 6.07 Å². The van der Waals surface area contributed by atoms with Gasteiger partial charge in [-0.25, -0.2) is 0 Å². The van der Waals surface area contributed by atoms with E-state index in [1.54, 1.807) is 6.08 Å². The molecule has 1 aliphatic carbocycles. The van der Waals surface area contributed by atoms with Crippen LogP contribution in [0.4, 0.5) is 5.00 Å². The predicted octanol–water partition coefficient (Wildman–Crippen LogP) is 4.95. The number of carbonyl (C=O) groups excluding carboxylic acids is 1. The number of hydrogen-bond acceptors (Lipinski definition) is 5. The van der Waals surface area contributed by atoms with Crippen molar-refractivity contribution >= 4 is 28.3 Å². The Morgan fingerprint density at radius 1 is 1.21 bits per heavy atom. The third-order valence-electron chi connectivity index (χ3n) is 4.51. The number of benzene rings is 1. The van der Waals surface area contributed by atoms with E-state index in [4.69, 9.17) is 9.47 Å². The quantitative estimate of drug-likeness (QED) is 0.672. The first-order valence-corrected chi connectivity index (χ1v) is 10.4. The molecule has 0 spiro atoms. The fraction of sp³-hybridized carbons (Fsp3) is 0.364. The normalized spacial score (nSPS) is 13.0. The molecule has 0 aliphatic heterocycles. The Bertz CT molecular complexity index is 925. The maximum Gasteiger partial charge on any atom is 0.249 e. The van der Waals surface area contributed by atoms with E-state index >= 15 is 0 Å². The maximum absolute atomic E-state index is 12.4. The third kappa shape index (κ3) is 4.55. The number of amides is 1. The van der Waals surface area contributed by atoms with E-state index < -0.39 is 0 Å². The molecule has 28 heavy (non-hydrogen) atoms. The molecule has 3 rings (SSSR count). The molecule has 1 aliphatic rings. The minimum Gasteiger partial charge on any atom is -0.490 e. The second-order valence-electron chi connectivity index (χ2n) is 6.42. The zero-order valence-corrected chi connectivity index (χ0v) is 17.0. The average Bonchev–Trinajstić information content (AvgIpc) is 3.05. The van der Waals surface area contributed by atoms with Gasteiger partial charge in [-0.15, -0.1) is 11.3 Å². The summed E-state index contributed by atoms with van der Waals surface area (Å²) in [4.78, 5) is 13.6. The Hall–Kier alpha value is -2.78. The second-order valence-corrected chi connectivity index (χ2v) is 7.53. The highest BCUT2D eigenvalue weighted by atomic mass is 32.1. The van der Waals surface area contributed by atoms with Crippen LogP contribution in [0.1, 0.15) is 48.3 Å². The number of nitrogens with one attached hydrogen (secondary N) is 1. The Morgan fingerprint density at radius 2 is 1.96 bits per heavy atom. The Balaban J connectivity index is 1.73. The molecule has 1 aromatic carbocycles. The van der Waals surface area contributed by atoms with Crippen LogP contribution in [0.3, 0.4) is 0 Å². The van der Waals surface area contributed by atoms with Crippen LogP contribution in [0.25, 0.3) is 6.08 Å². The summed E-state index contributed by atoms with van der Waals surface area (Å²) >= 11 is 1.53. The summed E-state index contributed by atoms with van der Waals surface area (Å²) in [5.41, 5.74) is 2.58. The van der Waals surface area contributed by atoms with E-state index in [1.807, 2.05) is 32.0 Å². The average molecular weight is 397 g/mol. The van der Waals surface area contributed by atoms with Gasteiger partial charge >= 0.3 is 0 Å². The van der Waals surface area contributed by atoms with E-state index in [9.17, 15) is 10.1 Å². The maximum atomic E-state index is 12.4. The molecular weight excluding hydrogens is 372 g/mol. The van der Waals surface area contributed by atoms with Gasteiger partial charge in [-0.05, 0) is 68.9 Å². The minimum absolute atomic E-state index is 0.248. The van der Waals surface area contributed by atoms with Crippen LogP contribution in [0.2, 0.25) is 0 Å². The van der Waals surface area contributed by atoms with Crippen molar-refractivity contribution in [3.63, 3.8) is 0 Å². The fourth-order valence-corrected chi connectivity index (χ4v) is 4.51. The number of thiophene rings is 1. The summed E-state index contributed by atoms with van der Waals surface area (Å²) in [5, 5.41) is 13.0. The van der Waals surface area contributed by atoms with Crippen LogP contribution in [0.5, 0.6) is 11.5 Å². The number of fused-ring (bicyclic) bond motifs is 1. The van der Waals surface area contributed by atoms with Crippen LogP contribution >= 0.6 is 11.3 Å². The number of nitrogens with zero attached hydrogens (tertiary/aromatic N) is 1. The lowest BCUT2D eigenvalue weighted by atomic mass is 9.96. The smallest absolute Gasteiger partial charge is 0.249 e. The van der Waals surface area contributed by atoms with Gasteiger partial charge < -0.3 is 14.8 Å². The van der Waals surface area contributed by atoms with E-state index in [-0.39, 0.29) is 5.91 Å². The number of aryl methyl sites for hydroxylation is 1. The van der Waals surface area contributed by atoms with E-state index in [0.717, 1.165) is 36.8 Å². The summed E-state index contributed by atoms with van der Waals surface area (Å²) in [6.07, 6.45) is 7.37. The molecule has 146 valence electrons. The highest BCUT2D eigenvalue weighted by Crippen LogP contribution is 2.37. The van der Waals surface area contributed by atoms with Crippen LogP contribution in [-0.2, 0) is 17.6 Å². The van der Waals surface area contributed by atoms with Gasteiger partial charge in [0.15, 0.2) is 11.5 Å². The van der Waals surface area contributed by atoms with Gasteiger partial charge in [0, 0.05) is 11.0 Å². The lowest BCUT2D eigenvalue weighted by Crippen LogP contribution is -2.08. The van der Waals surface area contributed by atoms with Crippen molar-refractivity contribution in [3.8, 4) is 17.6 Å². The molecule has 0 saturated heterocycles. The van der Waals surface area contributed by atoms with E-state index in [1.165, 1.54) is 22.3 Å². The Morgan fingerprint density at radius 3 is 2.71 bits per heavy atom. The molecule has 0 fully saturated rings. The van der Waals surface area contributed by atoms with E-state index in [0.29, 0.717) is 35.3 Å². The molecule has 0 saturated carbocycles. The highest BCUT2D eigenvalue weighted by Gasteiger charge is 2.21. The van der Waals surface area contributed by atoms with Gasteiger partial charge in [-0.2, -0.15) is 5.26 Å². The molecule has 1 heterocycles. The first-order valence-electron chi connectivity index (χ1n) is 9.59. The molecule has 6 heteroatoms. The van der Waals surface area contributed by atoms with Crippen LogP contribution in [0.15, 0.2) is 24.3 Å². The van der Waals surface area contributed by atoms with Crippen molar-refractivity contribution in [2.45, 2.75) is 39.5 Å². The number of nitriles is 1. The molecule has 0 radical (unpaired) electrons. The van der Waals surface area contributed by atoms with Crippen molar-refractivity contribution in [2.75, 3.05) is 18.5 Å². The lowest BCUT2D eigenvalue weighted by Gasteiger charge is -2.11. The van der Waals surface area contributed by atoms with Gasteiger partial charge in [-0.3, -0.25) is 4.79 Å². The molecule has 2 aromatic rings. The first-order chi connectivity index (χ1) is 13.7. The predicted molar refractivity (Wildman–Crippen MR) is 112 cm³/mol. The standard InChI is InChI=1S/C22H24N2O3S/c1-3-26-18-11-9-15(13-19(18)27-4-2)10-12-21(25)24-22-17(14-23)16-7-5-6-8-20(16)28-22/h9-13H,3-8H2,1-2H3,(H,24,25)/b12-10+. The molecule has 0 atom stereocenters. The highest BCUT2D eigenvalue weighted by molar-refractivity contribution is 7.16. The monoisotopic (exact) mass is 396 g/mol. The van der Waals surface area contributed by atoms with Crippen molar-refractivity contribution < 1.29 is 14.3 Å². The Kier molecular flexibility index (Phi) is 6.72. The van der Waals surface area contributed by atoms with Gasteiger partial charge in [0.05, 0.1) is 18.8 Å². The van der Waals surface area contributed by atoms with E-state index in [2.05, 4.69) is 11.4 Å². The zero-order valence-electron chi connectivity index (χ0n) is 16.2. The third-order valence-corrected chi connectivity index (χ3v) is 5.72. The van der Waals surface area contributed by atoms with Gasteiger partial charge in [0.25, 0.3) is 0 Å². The summed E-state index contributed by atoms with van der Waals surface area (Å²) in [6, 6.07) is 7.83. The Labute approximate surface area is 169 Å². The zero-order chi connectivity index (χ0) is 19.9. The number of anilines is 1. The molecule has 0 bridgehead atoms. The van der Waals surface area contributed by atoms with Gasteiger partial charge in [0.2, 0.25) is 5.91 Å². The largest absolute Gasteiger partial charge is 0.490 e. The molecule has 0 unspecified atom stereocenters. The summed E-state index contributed by atoms with van der Waals surface area (Å²) in [5.74, 6) is 1.10. The topological polar surface area (TPSA) is 71.3 Å². The number of ether oxygens (including phenoxy) is 2. The molecule has 1 N–H and O–H groups in total. The fourth-order valence-electron chi connectivity index (χ4n) is 3.27. The van der Waals surface area contributed by atoms with Crippen LogP contribution < -0.4 is 14.8 Å². The number of carbonyl (C=O) groups is 1. The van der Waals surface area contributed by atoms with Gasteiger partial charge in [0.1, 0.15) is 11.1 Å². The summed E-state index contributed by atoms with van der Waals surface area (Å²) in [6.45, 7) is 4.93. The first kappa shape index (κ1) is 20.0. The van der Waals surface area contributed by atoms with Crippen molar-refractivity contribution in [1.29, 1.82) is 5.26 Å². The molecule has 1 aromatic heterocycles. The summed E-state index contributed by atoms with van der Waals surface area (Å²) in [7, 11) is 0.